The van der Waals surface area contributed by atoms with Crippen molar-refractivity contribution in [3.8, 4) is 0 Å². The topological polar surface area (TPSA) is 20.3 Å². The van der Waals surface area contributed by atoms with Gasteiger partial charge in [0.05, 0.1) is 29.2 Å². The molecule has 1 aliphatic heterocycles. The molecule has 2 aromatic carbocycles. The van der Waals surface area contributed by atoms with Crippen LogP contribution < -0.4 is 0 Å². The first-order valence-electron chi connectivity index (χ1n) is 7.89. The first-order valence-corrected chi connectivity index (χ1v) is 7.89. The molecule has 0 saturated carbocycles. The monoisotopic (exact) mass is 302 g/mol. The van der Waals surface area contributed by atoms with Gasteiger partial charge in [0.15, 0.2) is 0 Å². The second kappa shape index (κ2) is 4.92. The first kappa shape index (κ1) is 13.9. The number of aliphatic imine (C=N–C) groups is 1. The first-order chi connectivity index (χ1) is 11.1. The van der Waals surface area contributed by atoms with E-state index in [2.05, 4.69) is 85.6 Å². The number of nitrogens with zero attached hydrogens (tertiary/aromatic N) is 3. The maximum Gasteiger partial charge on any atom is 0.331 e. The molecule has 4 rings (SSSR count). The van der Waals surface area contributed by atoms with Gasteiger partial charge in [0.2, 0.25) is 5.69 Å². The third-order valence-corrected chi connectivity index (χ3v) is 4.96. The van der Waals surface area contributed by atoms with Crippen LogP contribution in [-0.2, 0) is 7.05 Å². The number of para-hydroxylation sites is 1. The number of aryl methyl sites for hydroxylation is 1. The van der Waals surface area contributed by atoms with E-state index in [4.69, 9.17) is 4.99 Å². The normalized spacial score (nSPS) is 15.7. The molecule has 0 aliphatic carbocycles. The summed E-state index contributed by atoms with van der Waals surface area (Å²) >= 11 is 0. The summed E-state index contributed by atoms with van der Waals surface area (Å²) in [5.41, 5.74) is 7.20. The number of rotatable bonds is 1. The highest BCUT2D eigenvalue weighted by Gasteiger charge is 2.30. The van der Waals surface area contributed by atoms with Crippen molar-refractivity contribution in [2.75, 3.05) is 7.05 Å². The highest BCUT2D eigenvalue weighted by atomic mass is 15.1. The Kier molecular flexibility index (Phi) is 2.98. The Hall–Kier alpha value is -2.68. The fourth-order valence-electron chi connectivity index (χ4n) is 3.40. The van der Waals surface area contributed by atoms with Gasteiger partial charge in [-0.1, -0.05) is 30.3 Å². The zero-order valence-corrected chi connectivity index (χ0v) is 14.0. The quantitative estimate of drug-likeness (QED) is 0.605. The molecule has 0 amide bonds. The van der Waals surface area contributed by atoms with E-state index >= 15 is 0 Å². The van der Waals surface area contributed by atoms with Crippen molar-refractivity contribution in [1.82, 2.24) is 4.57 Å². The van der Waals surface area contributed by atoms with Crippen molar-refractivity contribution < 1.29 is 4.58 Å². The summed E-state index contributed by atoms with van der Waals surface area (Å²) in [5, 5.41) is 1.20. The maximum absolute atomic E-state index is 5.08. The molecule has 0 radical (unpaired) electrons. The fourth-order valence-corrected chi connectivity index (χ4v) is 3.40. The molecule has 0 atom stereocenters. The molecule has 0 N–H and O–H groups in total. The van der Waals surface area contributed by atoms with Crippen molar-refractivity contribution in [1.29, 1.82) is 0 Å². The second-order valence-electron chi connectivity index (χ2n) is 6.14. The lowest BCUT2D eigenvalue weighted by atomic mass is 10.1. The summed E-state index contributed by atoms with van der Waals surface area (Å²) in [7, 11) is 4.19. The molecule has 1 aromatic heterocycles. The van der Waals surface area contributed by atoms with Gasteiger partial charge < -0.3 is 4.57 Å². The molecule has 23 heavy (non-hydrogen) atoms. The van der Waals surface area contributed by atoms with Gasteiger partial charge in [0.25, 0.3) is 0 Å². The number of hydrogen-bond acceptors (Lipinski definition) is 1. The molecule has 114 valence electrons. The number of fused-ring (bicyclic) bond motifs is 2. The molecular formula is C20H20N3+. The van der Waals surface area contributed by atoms with Crippen LogP contribution in [0.3, 0.4) is 0 Å². The number of hydrogen-bond donors (Lipinski definition) is 0. The molecule has 0 saturated heterocycles. The predicted molar refractivity (Wildman–Crippen MR) is 96.3 cm³/mol. The van der Waals surface area contributed by atoms with Crippen molar-refractivity contribution in [2.24, 2.45) is 12.0 Å². The van der Waals surface area contributed by atoms with E-state index in [9.17, 15) is 0 Å². The van der Waals surface area contributed by atoms with Gasteiger partial charge in [-0.05, 0) is 37.0 Å². The van der Waals surface area contributed by atoms with Gasteiger partial charge >= 0.3 is 5.84 Å². The van der Waals surface area contributed by atoms with Gasteiger partial charge in [-0.3, -0.25) is 0 Å². The van der Waals surface area contributed by atoms with Crippen LogP contribution in [0.2, 0.25) is 0 Å². The summed E-state index contributed by atoms with van der Waals surface area (Å²) in [6.45, 7) is 4.29. The zero-order chi connectivity index (χ0) is 16.1. The molecule has 0 fully saturated rings. The maximum atomic E-state index is 5.08. The molecule has 0 bridgehead atoms. The third-order valence-electron chi connectivity index (χ3n) is 4.96. The van der Waals surface area contributed by atoms with Crippen LogP contribution in [0.25, 0.3) is 10.9 Å². The van der Waals surface area contributed by atoms with E-state index in [1.54, 1.807) is 0 Å². The lowest BCUT2D eigenvalue weighted by molar-refractivity contribution is -0.366. The van der Waals surface area contributed by atoms with E-state index in [0.29, 0.717) is 0 Å². The van der Waals surface area contributed by atoms with Gasteiger partial charge in [0.1, 0.15) is 5.71 Å². The highest BCUT2D eigenvalue weighted by Crippen LogP contribution is 2.33. The van der Waals surface area contributed by atoms with E-state index in [1.165, 1.54) is 33.4 Å². The van der Waals surface area contributed by atoms with Crippen molar-refractivity contribution in [3.05, 3.63) is 65.4 Å². The van der Waals surface area contributed by atoms with Crippen LogP contribution in [-0.4, -0.2) is 27.7 Å². The predicted octanol–water partition coefficient (Wildman–Crippen LogP) is 4.03. The fraction of sp³-hybridized carbons (Fsp3) is 0.200. The Labute approximate surface area is 136 Å². The van der Waals surface area contributed by atoms with Crippen LogP contribution in [0, 0.1) is 6.92 Å². The average Bonchev–Trinajstić information content (AvgIpc) is 2.97. The smallest absolute Gasteiger partial charge is 0.331 e. The Bertz CT molecular complexity index is 1000. The lowest BCUT2D eigenvalue weighted by Gasteiger charge is -1.96. The second-order valence-corrected chi connectivity index (χ2v) is 6.14. The Morgan fingerprint density at radius 2 is 1.57 bits per heavy atom. The summed E-state index contributed by atoms with van der Waals surface area (Å²) < 4.78 is 4.40. The Balaban J connectivity index is 2.01. The molecular weight excluding hydrogens is 282 g/mol. The van der Waals surface area contributed by atoms with E-state index in [-0.39, 0.29) is 0 Å². The SMILES string of the molecule is CC1=[N+](C)/C(=N/c2c(C)n(C)c3ccccc23)c2ccccc21. The van der Waals surface area contributed by atoms with Gasteiger partial charge in [-0.15, -0.1) is 0 Å². The minimum absolute atomic E-state index is 1.03. The molecule has 3 heteroatoms. The molecule has 3 nitrogen and oxygen atoms in total. The highest BCUT2D eigenvalue weighted by molar-refractivity contribution is 6.15. The van der Waals surface area contributed by atoms with Crippen molar-refractivity contribution >= 4 is 28.1 Å². The van der Waals surface area contributed by atoms with Crippen molar-refractivity contribution in [2.45, 2.75) is 13.8 Å². The minimum atomic E-state index is 1.03. The Morgan fingerprint density at radius 1 is 0.913 bits per heavy atom. The molecule has 0 spiro atoms. The van der Waals surface area contributed by atoms with Crippen molar-refractivity contribution in [3.63, 3.8) is 0 Å². The van der Waals surface area contributed by atoms with Crippen LogP contribution in [0.4, 0.5) is 5.69 Å². The molecule has 3 aromatic rings. The number of benzene rings is 2. The standard InChI is InChI=1S/C20H20N3/c1-13-15-9-5-6-10-16(15)20(23(13)4)21-19-14(2)22(3)18-12-8-7-11-17(18)19/h5-12H,1-4H3/q+1. The number of aromatic nitrogens is 1. The van der Waals surface area contributed by atoms with Crippen LogP contribution in [0.5, 0.6) is 0 Å². The van der Waals surface area contributed by atoms with E-state index < -0.39 is 0 Å². The number of amidine groups is 1. The van der Waals surface area contributed by atoms with Crippen LogP contribution in [0.15, 0.2) is 53.5 Å². The average molecular weight is 302 g/mol. The van der Waals surface area contributed by atoms with Gasteiger partial charge in [-0.25, -0.2) is 4.58 Å². The molecule has 1 aliphatic rings. The largest absolute Gasteiger partial charge is 0.344 e. The van der Waals surface area contributed by atoms with Crippen LogP contribution >= 0.6 is 0 Å². The Morgan fingerprint density at radius 3 is 2.35 bits per heavy atom. The van der Waals surface area contributed by atoms with E-state index in [0.717, 1.165) is 11.5 Å². The third kappa shape index (κ3) is 1.89. The summed E-state index contributed by atoms with van der Waals surface area (Å²) in [5.74, 6) is 1.03. The molecule has 2 heterocycles. The summed E-state index contributed by atoms with van der Waals surface area (Å²) in [4.78, 5) is 5.08. The minimum Gasteiger partial charge on any atom is -0.344 e. The summed E-state index contributed by atoms with van der Waals surface area (Å²) in [6.07, 6.45) is 0. The van der Waals surface area contributed by atoms with Gasteiger partial charge in [-0.2, -0.15) is 0 Å². The van der Waals surface area contributed by atoms with E-state index in [1.807, 2.05) is 0 Å². The van der Waals surface area contributed by atoms with Crippen LogP contribution in [0.1, 0.15) is 23.7 Å². The lowest BCUT2D eigenvalue weighted by Crippen LogP contribution is -2.15. The molecule has 0 unspecified atom stereocenters. The van der Waals surface area contributed by atoms with Gasteiger partial charge in [0, 0.05) is 12.6 Å². The zero-order valence-electron chi connectivity index (χ0n) is 14.0. The summed E-state index contributed by atoms with van der Waals surface area (Å²) in [6, 6.07) is 16.9.